The fourth-order valence-corrected chi connectivity index (χ4v) is 4.91. The summed E-state index contributed by atoms with van der Waals surface area (Å²) in [6.07, 6.45) is 10.3. The predicted octanol–water partition coefficient (Wildman–Crippen LogP) is 1.42. The molecule has 14 nitrogen and oxygen atoms in total. The van der Waals surface area contributed by atoms with Crippen molar-refractivity contribution < 1.29 is 19.1 Å². The van der Waals surface area contributed by atoms with Gasteiger partial charge in [-0.3, -0.25) is 14.5 Å². The van der Waals surface area contributed by atoms with E-state index in [9.17, 15) is 19.1 Å². The number of rotatable bonds is 7. The minimum atomic E-state index is -1.45. The molecule has 208 valence electrons. The molecule has 0 spiro atoms. The topological polar surface area (TPSA) is 159 Å². The van der Waals surface area contributed by atoms with Gasteiger partial charge in [-0.2, -0.15) is 5.10 Å². The Morgan fingerprint density at radius 3 is 2.93 bits per heavy atom. The third kappa shape index (κ3) is 4.54. The van der Waals surface area contributed by atoms with Crippen molar-refractivity contribution >= 4 is 46.6 Å². The van der Waals surface area contributed by atoms with E-state index in [2.05, 4.69) is 31.1 Å². The third-order valence-corrected chi connectivity index (χ3v) is 7.26. The molecule has 5 aromatic heterocycles. The van der Waals surface area contributed by atoms with Gasteiger partial charge in [-0.05, 0) is 36.5 Å². The fraction of sp³-hybridized carbons (Fsp3) is 0.240. The average molecular weight is 578 g/mol. The molecule has 1 atom stereocenters. The van der Waals surface area contributed by atoms with E-state index in [0.717, 1.165) is 18.4 Å². The molecule has 7 rings (SSSR count). The molecule has 1 unspecified atom stereocenters. The van der Waals surface area contributed by atoms with Gasteiger partial charge in [0.15, 0.2) is 17.2 Å². The van der Waals surface area contributed by atoms with Crippen molar-refractivity contribution in [2.75, 3.05) is 4.90 Å². The number of hydrogen-bond donors (Lipinski definition) is 3. The van der Waals surface area contributed by atoms with Crippen molar-refractivity contribution in [2.24, 2.45) is 5.10 Å². The second kappa shape index (κ2) is 9.64. The highest BCUT2D eigenvalue weighted by Crippen LogP contribution is 2.42. The van der Waals surface area contributed by atoms with E-state index < -0.39 is 23.9 Å². The number of fused-ring (bicyclic) bond motifs is 2. The van der Waals surface area contributed by atoms with Gasteiger partial charge in [0.2, 0.25) is 6.23 Å². The molecule has 0 bridgehead atoms. The number of anilines is 1. The summed E-state index contributed by atoms with van der Waals surface area (Å²) in [7, 11) is 0. The summed E-state index contributed by atoms with van der Waals surface area (Å²) < 4.78 is 19.3. The molecule has 5 aromatic rings. The van der Waals surface area contributed by atoms with Crippen LogP contribution in [0.5, 0.6) is 0 Å². The van der Waals surface area contributed by atoms with Crippen LogP contribution in [0.25, 0.3) is 11.2 Å². The van der Waals surface area contributed by atoms with Crippen molar-refractivity contribution in [3.05, 3.63) is 76.7 Å². The van der Waals surface area contributed by atoms with Crippen LogP contribution in [0.4, 0.5) is 10.1 Å². The van der Waals surface area contributed by atoms with Crippen molar-refractivity contribution in [1.29, 1.82) is 0 Å². The molecule has 0 radical (unpaired) electrons. The largest absolute Gasteiger partial charge is 0.365 e. The van der Waals surface area contributed by atoms with Gasteiger partial charge in [-0.25, -0.2) is 24.5 Å². The Morgan fingerprint density at radius 2 is 2.10 bits per heavy atom. The summed E-state index contributed by atoms with van der Waals surface area (Å²) in [5.74, 6) is -1.37. The lowest BCUT2D eigenvalue weighted by Gasteiger charge is -2.27. The summed E-state index contributed by atoms with van der Waals surface area (Å²) in [4.78, 5) is 35.0. The summed E-state index contributed by atoms with van der Waals surface area (Å²) in [5.41, 5.74) is 5.53. The Hall–Kier alpha value is -4.89. The third-order valence-electron chi connectivity index (χ3n) is 6.96. The van der Waals surface area contributed by atoms with Crippen LogP contribution >= 0.6 is 11.6 Å². The van der Waals surface area contributed by atoms with E-state index in [1.54, 1.807) is 6.20 Å². The summed E-state index contributed by atoms with van der Waals surface area (Å²) in [6.45, 7) is 0.161. The quantitative estimate of drug-likeness (QED) is 0.262. The second-order valence-corrected chi connectivity index (χ2v) is 10.2. The lowest BCUT2D eigenvalue weighted by atomic mass is 10.1. The first-order chi connectivity index (χ1) is 19.9. The van der Waals surface area contributed by atoms with Gasteiger partial charge in [0.1, 0.15) is 11.9 Å². The number of nitrogens with one attached hydrogen (secondary N) is 2. The van der Waals surface area contributed by atoms with Gasteiger partial charge in [0.05, 0.1) is 47.7 Å². The van der Waals surface area contributed by atoms with Gasteiger partial charge >= 0.3 is 0 Å². The van der Waals surface area contributed by atoms with Crippen LogP contribution in [-0.4, -0.2) is 63.3 Å². The monoisotopic (exact) mass is 577 g/mol. The van der Waals surface area contributed by atoms with Crippen LogP contribution in [0.3, 0.4) is 0 Å². The minimum absolute atomic E-state index is 0.0397. The highest BCUT2D eigenvalue weighted by molar-refractivity contribution is 6.31. The maximum absolute atomic E-state index is 14.5. The van der Waals surface area contributed by atoms with Crippen LogP contribution in [0.2, 0.25) is 5.02 Å². The highest BCUT2D eigenvalue weighted by Gasteiger charge is 2.31. The lowest BCUT2D eigenvalue weighted by Crippen LogP contribution is -2.49. The molecule has 2 aliphatic rings. The first-order valence-electron chi connectivity index (χ1n) is 12.6. The number of hydrogen-bond acceptors (Lipinski definition) is 9. The Labute approximate surface area is 235 Å². The van der Waals surface area contributed by atoms with E-state index in [-0.39, 0.29) is 29.3 Å². The molecule has 41 heavy (non-hydrogen) atoms. The van der Waals surface area contributed by atoms with E-state index >= 15 is 0 Å². The minimum Gasteiger partial charge on any atom is -0.365 e. The number of carbonyl (C=O) groups excluding carboxylic acids is 2. The zero-order valence-electron chi connectivity index (χ0n) is 21.1. The van der Waals surface area contributed by atoms with Gasteiger partial charge < -0.3 is 19.2 Å². The Balaban J connectivity index is 1.10. The standard InChI is InChI=1S/C25H21ClFN11O3/c26-16-3-4-35-11-29-17(21(35)20(16)27)6-28-23(39)18-10-37(34-32-18)9-15-8-36-7-14(13-1-2-13)5-19(22(36)31-15)38-12-30-33-24(40)25(38)41/h3-5,7-8,10-13,25,41H,1-2,6,9H2,(H,28,39)(H,33,40). The predicted molar refractivity (Wildman–Crippen MR) is 143 cm³/mol. The number of imidazole rings is 2. The van der Waals surface area contributed by atoms with Gasteiger partial charge in [0, 0.05) is 18.6 Å². The molecule has 1 fully saturated rings. The maximum Gasteiger partial charge on any atom is 0.290 e. The van der Waals surface area contributed by atoms with E-state index in [1.165, 1.54) is 38.9 Å². The number of nitrogens with zero attached hydrogens (tertiary/aromatic N) is 9. The van der Waals surface area contributed by atoms with Crippen molar-refractivity contribution in [2.45, 2.75) is 38.1 Å². The Morgan fingerprint density at radius 1 is 1.24 bits per heavy atom. The number of aliphatic hydroxyl groups excluding tert-OH is 1. The SMILES string of the molecule is O=C(NCc1ncn2ccc(Cl)c(F)c12)c1cn(Cc2cn3cc(C4CC4)cc(N4C=NNC(=O)C4O)c3n2)nn1. The van der Waals surface area contributed by atoms with Crippen molar-refractivity contribution in [1.82, 2.24) is 44.5 Å². The lowest BCUT2D eigenvalue weighted by molar-refractivity contribution is -0.129. The Kier molecular flexibility index (Phi) is 5.90. The molecule has 0 saturated heterocycles. The molecule has 1 saturated carbocycles. The van der Waals surface area contributed by atoms with Crippen LogP contribution < -0.4 is 15.6 Å². The number of halogens is 2. The first kappa shape index (κ1) is 25.1. The van der Waals surface area contributed by atoms with Gasteiger partial charge in [0.25, 0.3) is 11.8 Å². The molecular weight excluding hydrogens is 557 g/mol. The smallest absolute Gasteiger partial charge is 0.290 e. The van der Waals surface area contributed by atoms with Crippen LogP contribution in [0, 0.1) is 5.82 Å². The van der Waals surface area contributed by atoms with Gasteiger partial charge in [-0.15, -0.1) is 5.10 Å². The molecule has 0 aromatic carbocycles. The zero-order chi connectivity index (χ0) is 28.2. The summed E-state index contributed by atoms with van der Waals surface area (Å²) in [5, 5.41) is 24.9. The van der Waals surface area contributed by atoms with Crippen molar-refractivity contribution in [3.8, 4) is 0 Å². The number of carbonyl (C=O) groups is 2. The normalized spacial score (nSPS) is 17.0. The molecular formula is C25H21ClFN11O3. The maximum atomic E-state index is 14.5. The molecule has 16 heteroatoms. The molecule has 1 aliphatic carbocycles. The fourth-order valence-electron chi connectivity index (χ4n) is 4.77. The second-order valence-electron chi connectivity index (χ2n) is 9.81. The number of aromatic nitrogens is 7. The van der Waals surface area contributed by atoms with Crippen LogP contribution in [-0.2, 0) is 17.9 Å². The number of amides is 2. The zero-order valence-corrected chi connectivity index (χ0v) is 21.9. The molecule has 6 heterocycles. The van der Waals surface area contributed by atoms with Crippen molar-refractivity contribution in [3.63, 3.8) is 0 Å². The number of hydrazone groups is 1. The van der Waals surface area contributed by atoms with Crippen LogP contribution in [0.15, 0.2) is 48.3 Å². The number of aliphatic hydroxyl groups is 1. The van der Waals surface area contributed by atoms with Gasteiger partial charge in [-0.1, -0.05) is 16.8 Å². The molecule has 1 aliphatic heterocycles. The first-order valence-corrected chi connectivity index (χ1v) is 13.0. The molecule has 2 amide bonds. The van der Waals surface area contributed by atoms with Crippen LogP contribution in [0.1, 0.15) is 46.2 Å². The average Bonchev–Trinajstić information content (AvgIpc) is 3.36. The Bertz CT molecular complexity index is 1880. The summed E-state index contributed by atoms with van der Waals surface area (Å²) in [6, 6.07) is 3.34. The summed E-state index contributed by atoms with van der Waals surface area (Å²) >= 11 is 5.89. The number of pyridine rings is 2. The van der Waals surface area contributed by atoms with E-state index in [1.807, 2.05) is 22.9 Å². The molecule has 3 N–H and O–H groups in total. The van der Waals surface area contributed by atoms with E-state index in [4.69, 9.17) is 16.6 Å². The van der Waals surface area contributed by atoms with E-state index in [0.29, 0.717) is 28.6 Å². The highest BCUT2D eigenvalue weighted by atomic mass is 35.5.